The van der Waals surface area contributed by atoms with Crippen molar-refractivity contribution in [2.75, 3.05) is 0 Å². The van der Waals surface area contributed by atoms with Crippen LogP contribution in [0.3, 0.4) is 0 Å². The Kier molecular flexibility index (Phi) is 3.08. The van der Waals surface area contributed by atoms with E-state index in [4.69, 9.17) is 5.73 Å². The average molecular weight is 223 g/mol. The maximum Gasteiger partial charge on any atom is 0.165 e. The van der Waals surface area contributed by atoms with Gasteiger partial charge in [0.15, 0.2) is 5.82 Å². The minimum absolute atomic E-state index is 0.244. The molecule has 0 spiro atoms. The van der Waals surface area contributed by atoms with Gasteiger partial charge in [0.2, 0.25) is 0 Å². The van der Waals surface area contributed by atoms with Crippen LogP contribution in [0.15, 0.2) is 16.8 Å². The third-order valence-electron chi connectivity index (χ3n) is 2.27. The Labute approximate surface area is 91.9 Å². The van der Waals surface area contributed by atoms with Gasteiger partial charge in [0.25, 0.3) is 0 Å². The lowest BCUT2D eigenvalue weighted by Crippen LogP contribution is -2.15. The smallest absolute Gasteiger partial charge is 0.165 e. The molecule has 0 amide bonds. The zero-order chi connectivity index (χ0) is 10.7. The molecule has 1 unspecified atom stereocenters. The van der Waals surface area contributed by atoms with E-state index >= 15 is 0 Å². The summed E-state index contributed by atoms with van der Waals surface area (Å²) >= 11 is 1.70. The highest BCUT2D eigenvalue weighted by Crippen LogP contribution is 2.15. The summed E-state index contributed by atoms with van der Waals surface area (Å²) in [6.07, 6.45) is 0.932. The van der Waals surface area contributed by atoms with Crippen molar-refractivity contribution < 1.29 is 0 Å². The number of hydrogen-bond donors (Lipinski definition) is 1. The van der Waals surface area contributed by atoms with Crippen molar-refractivity contribution in [3.05, 3.63) is 28.2 Å². The molecular formula is C9H13N5S. The molecule has 0 aromatic carbocycles. The lowest BCUT2D eigenvalue weighted by Gasteiger charge is -2.11. The summed E-state index contributed by atoms with van der Waals surface area (Å²) in [4.78, 5) is 0. The van der Waals surface area contributed by atoms with Crippen LogP contribution in [-0.2, 0) is 13.0 Å². The van der Waals surface area contributed by atoms with Gasteiger partial charge in [0.05, 0.1) is 12.6 Å². The third kappa shape index (κ3) is 2.21. The monoisotopic (exact) mass is 223 g/mol. The van der Waals surface area contributed by atoms with E-state index in [0.29, 0.717) is 6.54 Å². The van der Waals surface area contributed by atoms with Crippen molar-refractivity contribution in [2.24, 2.45) is 5.73 Å². The fraction of sp³-hybridized carbons (Fsp3) is 0.444. The van der Waals surface area contributed by atoms with E-state index in [-0.39, 0.29) is 6.04 Å². The highest BCUT2D eigenvalue weighted by molar-refractivity contribution is 7.07. The Balaban J connectivity index is 2.11. The Hall–Kier alpha value is -1.27. The van der Waals surface area contributed by atoms with E-state index in [1.807, 2.05) is 0 Å². The van der Waals surface area contributed by atoms with Crippen LogP contribution in [0.1, 0.15) is 24.4 Å². The number of rotatable bonds is 4. The molecule has 2 N–H and O–H groups in total. The van der Waals surface area contributed by atoms with Gasteiger partial charge in [0.1, 0.15) is 0 Å². The third-order valence-corrected chi connectivity index (χ3v) is 3.00. The van der Waals surface area contributed by atoms with Gasteiger partial charge in [-0.1, -0.05) is 0 Å². The summed E-state index contributed by atoms with van der Waals surface area (Å²) in [6, 6.07) is 2.36. The van der Waals surface area contributed by atoms with E-state index in [2.05, 4.69) is 39.3 Å². The summed E-state index contributed by atoms with van der Waals surface area (Å²) in [5.74, 6) is 0.734. The molecule has 2 aromatic rings. The molecule has 0 saturated carbocycles. The van der Waals surface area contributed by atoms with Gasteiger partial charge in [-0.25, -0.2) is 4.68 Å². The summed E-state index contributed by atoms with van der Waals surface area (Å²) in [5.41, 5.74) is 6.86. The molecule has 0 aliphatic heterocycles. The minimum atomic E-state index is 0.244. The summed E-state index contributed by atoms with van der Waals surface area (Å²) in [7, 11) is 0. The van der Waals surface area contributed by atoms with Crippen LogP contribution in [0, 0.1) is 0 Å². The molecule has 0 radical (unpaired) electrons. The van der Waals surface area contributed by atoms with Crippen LogP contribution in [0.25, 0.3) is 0 Å². The molecule has 2 rings (SSSR count). The first-order valence-corrected chi connectivity index (χ1v) is 5.73. The van der Waals surface area contributed by atoms with E-state index < -0.39 is 0 Å². The first-order valence-electron chi connectivity index (χ1n) is 4.79. The molecule has 5 nitrogen and oxygen atoms in total. The van der Waals surface area contributed by atoms with E-state index in [9.17, 15) is 0 Å². The van der Waals surface area contributed by atoms with Crippen molar-refractivity contribution in [2.45, 2.75) is 25.9 Å². The van der Waals surface area contributed by atoms with Crippen LogP contribution in [0.4, 0.5) is 0 Å². The highest BCUT2D eigenvalue weighted by atomic mass is 32.1. The second-order valence-electron chi connectivity index (χ2n) is 3.43. The maximum atomic E-state index is 5.54. The Morgan fingerprint density at radius 2 is 2.47 bits per heavy atom. The lowest BCUT2D eigenvalue weighted by atomic mass is 10.1. The fourth-order valence-corrected chi connectivity index (χ4v) is 2.21. The average Bonchev–Trinajstić information content (AvgIpc) is 2.86. The predicted octanol–water partition coefficient (Wildman–Crippen LogP) is 0.997. The molecular weight excluding hydrogens is 210 g/mol. The second kappa shape index (κ2) is 4.50. The first kappa shape index (κ1) is 10.3. The molecule has 2 heterocycles. The molecule has 80 valence electrons. The largest absolute Gasteiger partial charge is 0.324 e. The van der Waals surface area contributed by atoms with Crippen LogP contribution in [0.2, 0.25) is 0 Å². The molecule has 1 atom stereocenters. The molecule has 0 aliphatic rings. The molecule has 2 aromatic heterocycles. The summed E-state index contributed by atoms with van der Waals surface area (Å²) in [6.45, 7) is 2.47. The standard InChI is InChI=1S/C9H13N5S/c1-7(4-8-2-3-15-6-8)14-9(5-10)11-12-13-14/h2-3,6-7H,4-5,10H2,1H3. The zero-order valence-electron chi connectivity index (χ0n) is 8.50. The number of nitrogens with zero attached hydrogens (tertiary/aromatic N) is 4. The topological polar surface area (TPSA) is 69.6 Å². The van der Waals surface area contributed by atoms with Crippen LogP contribution < -0.4 is 5.73 Å². The van der Waals surface area contributed by atoms with E-state index in [1.54, 1.807) is 16.0 Å². The normalized spacial score (nSPS) is 12.9. The Morgan fingerprint density at radius 1 is 1.60 bits per heavy atom. The highest BCUT2D eigenvalue weighted by Gasteiger charge is 2.12. The van der Waals surface area contributed by atoms with Gasteiger partial charge < -0.3 is 5.73 Å². The van der Waals surface area contributed by atoms with Gasteiger partial charge in [-0.05, 0) is 46.2 Å². The molecule has 0 fully saturated rings. The van der Waals surface area contributed by atoms with Crippen LogP contribution in [-0.4, -0.2) is 20.2 Å². The van der Waals surface area contributed by atoms with Crippen molar-refractivity contribution in [1.82, 2.24) is 20.2 Å². The molecule has 15 heavy (non-hydrogen) atoms. The number of thiophene rings is 1. The summed E-state index contributed by atoms with van der Waals surface area (Å²) in [5, 5.41) is 15.7. The lowest BCUT2D eigenvalue weighted by molar-refractivity contribution is 0.458. The first-order chi connectivity index (χ1) is 7.31. The van der Waals surface area contributed by atoms with Crippen molar-refractivity contribution in [3.63, 3.8) is 0 Å². The maximum absolute atomic E-state index is 5.54. The molecule has 0 saturated heterocycles. The van der Waals surface area contributed by atoms with Gasteiger partial charge in [-0.2, -0.15) is 11.3 Å². The minimum Gasteiger partial charge on any atom is -0.324 e. The summed E-state index contributed by atoms with van der Waals surface area (Å²) < 4.78 is 1.79. The number of nitrogens with two attached hydrogens (primary N) is 1. The number of aromatic nitrogens is 4. The Morgan fingerprint density at radius 3 is 3.13 bits per heavy atom. The SMILES string of the molecule is CC(Cc1ccsc1)n1nnnc1CN. The van der Waals surface area contributed by atoms with Crippen molar-refractivity contribution >= 4 is 11.3 Å². The molecule has 0 aliphatic carbocycles. The number of tetrazole rings is 1. The number of hydrogen-bond acceptors (Lipinski definition) is 5. The molecule has 0 bridgehead atoms. The van der Waals surface area contributed by atoms with E-state index in [0.717, 1.165) is 12.2 Å². The van der Waals surface area contributed by atoms with Gasteiger partial charge in [0, 0.05) is 0 Å². The van der Waals surface area contributed by atoms with E-state index in [1.165, 1.54) is 5.56 Å². The molecule has 6 heteroatoms. The predicted molar refractivity (Wildman–Crippen MR) is 58.4 cm³/mol. The van der Waals surface area contributed by atoms with Gasteiger partial charge in [-0.15, -0.1) is 5.10 Å². The quantitative estimate of drug-likeness (QED) is 0.839. The zero-order valence-corrected chi connectivity index (χ0v) is 9.31. The van der Waals surface area contributed by atoms with Gasteiger partial charge in [-0.3, -0.25) is 0 Å². The van der Waals surface area contributed by atoms with Crippen LogP contribution in [0.5, 0.6) is 0 Å². The Bertz CT molecular complexity index is 408. The van der Waals surface area contributed by atoms with Crippen LogP contribution >= 0.6 is 11.3 Å². The van der Waals surface area contributed by atoms with Crippen molar-refractivity contribution in [1.29, 1.82) is 0 Å². The van der Waals surface area contributed by atoms with Crippen molar-refractivity contribution in [3.8, 4) is 0 Å². The van der Waals surface area contributed by atoms with Gasteiger partial charge >= 0.3 is 0 Å². The second-order valence-corrected chi connectivity index (χ2v) is 4.21. The fourth-order valence-electron chi connectivity index (χ4n) is 1.53.